The van der Waals surface area contributed by atoms with E-state index in [0.717, 1.165) is 19.4 Å². The average molecular weight is 239 g/mol. The summed E-state index contributed by atoms with van der Waals surface area (Å²) < 4.78 is 0. The Morgan fingerprint density at radius 2 is 1.65 bits per heavy atom. The van der Waals surface area contributed by atoms with Crippen molar-refractivity contribution < 1.29 is 4.79 Å². The lowest BCUT2D eigenvalue weighted by Crippen LogP contribution is -2.55. The first-order chi connectivity index (χ1) is 7.87. The van der Waals surface area contributed by atoms with Crippen molar-refractivity contribution in [2.75, 3.05) is 6.54 Å². The van der Waals surface area contributed by atoms with Gasteiger partial charge in [-0.3, -0.25) is 4.79 Å². The van der Waals surface area contributed by atoms with Gasteiger partial charge in [-0.2, -0.15) is 0 Å². The molecule has 0 bridgehead atoms. The molecule has 17 heavy (non-hydrogen) atoms. The number of nitrogens with zero attached hydrogens (tertiary/aromatic N) is 1. The second-order valence-corrected chi connectivity index (χ2v) is 6.55. The van der Waals surface area contributed by atoms with Crippen LogP contribution in [0.4, 0.5) is 0 Å². The largest absolute Gasteiger partial charge is 0.337 e. The van der Waals surface area contributed by atoms with Crippen LogP contribution in [0, 0.1) is 11.8 Å². The van der Waals surface area contributed by atoms with Gasteiger partial charge in [0.25, 0.3) is 0 Å². The van der Waals surface area contributed by atoms with E-state index in [1.54, 1.807) is 6.92 Å². The summed E-state index contributed by atoms with van der Waals surface area (Å²) >= 11 is 0. The predicted molar refractivity (Wildman–Crippen MR) is 72.9 cm³/mol. The molecule has 1 fully saturated rings. The maximum Gasteiger partial charge on any atom is 0.219 e. The van der Waals surface area contributed by atoms with Crippen LogP contribution in [0.3, 0.4) is 0 Å². The first-order valence-corrected chi connectivity index (χ1v) is 7.15. The van der Waals surface area contributed by atoms with Crippen molar-refractivity contribution in [2.45, 2.75) is 72.3 Å². The third-order valence-corrected chi connectivity index (χ3v) is 3.80. The molecule has 1 heterocycles. The number of carbonyl (C=O) groups excluding carboxylic acids is 1. The molecule has 0 aromatic carbocycles. The molecule has 0 unspecified atom stereocenters. The maximum atomic E-state index is 11.9. The molecule has 0 aliphatic carbocycles. The van der Waals surface area contributed by atoms with Crippen molar-refractivity contribution in [3.63, 3.8) is 0 Å². The third-order valence-electron chi connectivity index (χ3n) is 3.80. The quantitative estimate of drug-likeness (QED) is 0.729. The van der Waals surface area contributed by atoms with Gasteiger partial charge in [0.1, 0.15) is 0 Å². The van der Waals surface area contributed by atoms with Gasteiger partial charge in [-0.1, -0.05) is 27.7 Å². The van der Waals surface area contributed by atoms with Crippen molar-refractivity contribution in [3.8, 4) is 0 Å². The Bertz CT molecular complexity index is 248. The summed E-state index contributed by atoms with van der Waals surface area (Å²) in [6.45, 7) is 11.8. The fraction of sp³-hybridized carbons (Fsp3) is 0.933. The zero-order valence-electron chi connectivity index (χ0n) is 12.3. The van der Waals surface area contributed by atoms with E-state index in [4.69, 9.17) is 0 Å². The van der Waals surface area contributed by atoms with Gasteiger partial charge in [-0.15, -0.1) is 0 Å². The summed E-state index contributed by atoms with van der Waals surface area (Å²) in [7, 11) is 0. The molecule has 1 aliphatic rings. The zero-order chi connectivity index (χ0) is 13.1. The first-order valence-electron chi connectivity index (χ1n) is 7.15. The van der Waals surface area contributed by atoms with Crippen molar-refractivity contribution in [1.82, 2.24) is 4.90 Å². The molecule has 0 aromatic rings. The van der Waals surface area contributed by atoms with Crippen LogP contribution >= 0.6 is 0 Å². The molecule has 2 heteroatoms. The molecule has 0 aromatic heterocycles. The number of rotatable bonds is 4. The van der Waals surface area contributed by atoms with Crippen molar-refractivity contribution in [1.29, 1.82) is 0 Å². The Hall–Kier alpha value is -0.530. The lowest BCUT2D eigenvalue weighted by atomic mass is 9.75. The molecule has 0 atom stereocenters. The fourth-order valence-corrected chi connectivity index (χ4v) is 3.62. The summed E-state index contributed by atoms with van der Waals surface area (Å²) in [4.78, 5) is 14.1. The lowest BCUT2D eigenvalue weighted by Gasteiger charge is -2.49. The fourth-order valence-electron chi connectivity index (χ4n) is 3.62. The Morgan fingerprint density at radius 3 is 2.06 bits per heavy atom. The van der Waals surface area contributed by atoms with Crippen LogP contribution < -0.4 is 0 Å². The van der Waals surface area contributed by atoms with Crippen LogP contribution in [0.2, 0.25) is 0 Å². The van der Waals surface area contributed by atoms with Crippen LogP contribution in [0.5, 0.6) is 0 Å². The van der Waals surface area contributed by atoms with Gasteiger partial charge in [0.15, 0.2) is 0 Å². The third kappa shape index (κ3) is 3.72. The van der Waals surface area contributed by atoms with Gasteiger partial charge in [0, 0.05) is 19.0 Å². The van der Waals surface area contributed by atoms with E-state index in [-0.39, 0.29) is 11.4 Å². The minimum Gasteiger partial charge on any atom is -0.337 e. The van der Waals surface area contributed by atoms with Gasteiger partial charge in [-0.25, -0.2) is 0 Å². The van der Waals surface area contributed by atoms with Crippen LogP contribution in [0.25, 0.3) is 0 Å². The van der Waals surface area contributed by atoms with E-state index in [1.165, 1.54) is 19.3 Å². The summed E-state index contributed by atoms with van der Waals surface area (Å²) in [6, 6.07) is 0. The van der Waals surface area contributed by atoms with Crippen LogP contribution in [0.15, 0.2) is 0 Å². The van der Waals surface area contributed by atoms with Crippen molar-refractivity contribution >= 4 is 5.91 Å². The Kier molecular flexibility index (Phi) is 5.03. The number of amides is 1. The minimum atomic E-state index is 0.145. The number of hydrogen-bond donors (Lipinski definition) is 0. The second-order valence-electron chi connectivity index (χ2n) is 6.55. The first kappa shape index (κ1) is 14.5. The molecule has 0 radical (unpaired) electrons. The highest BCUT2D eigenvalue weighted by molar-refractivity contribution is 5.74. The molecule has 1 saturated heterocycles. The molecule has 100 valence electrons. The van der Waals surface area contributed by atoms with Crippen LogP contribution in [-0.4, -0.2) is 22.9 Å². The van der Waals surface area contributed by atoms with E-state index < -0.39 is 0 Å². The van der Waals surface area contributed by atoms with Gasteiger partial charge in [-0.05, 0) is 43.9 Å². The monoisotopic (exact) mass is 239 g/mol. The SMILES string of the molecule is CC(=O)N1CCCCC1(CC(C)C)CC(C)C. The summed E-state index contributed by atoms with van der Waals surface area (Å²) in [5.41, 5.74) is 0.145. The molecule has 0 saturated carbocycles. The van der Waals surface area contributed by atoms with E-state index in [0.29, 0.717) is 11.8 Å². The summed E-state index contributed by atoms with van der Waals surface area (Å²) in [5, 5.41) is 0. The maximum absolute atomic E-state index is 11.9. The van der Waals surface area contributed by atoms with Gasteiger partial charge in [0.05, 0.1) is 0 Å². The van der Waals surface area contributed by atoms with E-state index >= 15 is 0 Å². The minimum absolute atomic E-state index is 0.145. The molecule has 1 rings (SSSR count). The van der Waals surface area contributed by atoms with Crippen LogP contribution in [-0.2, 0) is 4.79 Å². The highest BCUT2D eigenvalue weighted by atomic mass is 16.2. The van der Waals surface area contributed by atoms with Gasteiger partial charge >= 0.3 is 0 Å². The smallest absolute Gasteiger partial charge is 0.219 e. The van der Waals surface area contributed by atoms with Gasteiger partial charge < -0.3 is 4.90 Å². The molecule has 1 amide bonds. The molecular weight excluding hydrogens is 210 g/mol. The highest BCUT2D eigenvalue weighted by Crippen LogP contribution is 2.38. The van der Waals surface area contributed by atoms with Crippen molar-refractivity contribution in [2.24, 2.45) is 11.8 Å². The number of likely N-dealkylation sites (tertiary alicyclic amines) is 1. The second kappa shape index (κ2) is 5.88. The van der Waals surface area contributed by atoms with E-state index in [9.17, 15) is 4.79 Å². The molecule has 0 N–H and O–H groups in total. The number of carbonyl (C=O) groups is 1. The van der Waals surface area contributed by atoms with Crippen LogP contribution in [0.1, 0.15) is 66.7 Å². The Balaban J connectivity index is 2.94. The molecular formula is C15H29NO. The topological polar surface area (TPSA) is 20.3 Å². The van der Waals surface area contributed by atoms with E-state index in [2.05, 4.69) is 32.6 Å². The van der Waals surface area contributed by atoms with Crippen molar-refractivity contribution in [3.05, 3.63) is 0 Å². The Labute approximate surface area is 107 Å². The standard InChI is InChI=1S/C15H29NO/c1-12(2)10-15(11-13(3)4)8-6-7-9-16(15)14(5)17/h12-13H,6-11H2,1-5H3. The summed E-state index contributed by atoms with van der Waals surface area (Å²) in [5.74, 6) is 1.59. The van der Waals surface area contributed by atoms with E-state index in [1.807, 2.05) is 0 Å². The molecule has 2 nitrogen and oxygen atoms in total. The summed E-state index contributed by atoms with van der Waals surface area (Å²) in [6.07, 6.45) is 5.97. The Morgan fingerprint density at radius 1 is 1.12 bits per heavy atom. The zero-order valence-corrected chi connectivity index (χ0v) is 12.3. The average Bonchev–Trinajstić information content (AvgIpc) is 2.14. The molecule has 1 aliphatic heterocycles. The van der Waals surface area contributed by atoms with Gasteiger partial charge in [0.2, 0.25) is 5.91 Å². The predicted octanol–water partition coefficient (Wildman–Crippen LogP) is 3.85. The normalized spacial score (nSPS) is 20.1. The number of piperidine rings is 1. The molecule has 0 spiro atoms. The lowest BCUT2D eigenvalue weighted by molar-refractivity contribution is -0.139. The highest BCUT2D eigenvalue weighted by Gasteiger charge is 2.40. The number of hydrogen-bond acceptors (Lipinski definition) is 1.